The minimum Gasteiger partial charge on any atom is -0.507 e. The molecule has 0 radical (unpaired) electrons. The third kappa shape index (κ3) is 10.1. The van der Waals surface area contributed by atoms with E-state index in [0.29, 0.717) is 28.1 Å². The van der Waals surface area contributed by atoms with E-state index in [-0.39, 0.29) is 48.6 Å². The van der Waals surface area contributed by atoms with Crippen LogP contribution in [0.4, 0.5) is 0 Å². The number of nitrogens with zero attached hydrogens (tertiary/aromatic N) is 3. The molecule has 0 atom stereocenters. The molecule has 0 fully saturated rings. The van der Waals surface area contributed by atoms with Crippen molar-refractivity contribution in [2.75, 3.05) is 0 Å². The number of phenolic OH excluding ortho intramolecular Hbond substituents is 1. The molecule has 74 heavy (non-hydrogen) atoms. The van der Waals surface area contributed by atoms with Crippen molar-refractivity contribution in [3.63, 3.8) is 0 Å². The monoisotopic (exact) mass is 1160 g/mol. The molecule has 0 spiro atoms. The zero-order valence-electron chi connectivity index (χ0n) is 48.4. The molecule has 0 aliphatic heterocycles. The van der Waals surface area contributed by atoms with E-state index in [9.17, 15) is 9.22 Å². The molecule has 0 saturated carbocycles. The molecule has 0 unspecified atom stereocenters. The molecule has 7 aromatic carbocycles. The molecule has 5 heteroatoms. The van der Waals surface area contributed by atoms with Gasteiger partial charge in [0.1, 0.15) is 11.6 Å². The number of phenols is 1. The maximum atomic E-state index is 12.7. The van der Waals surface area contributed by atoms with Crippen molar-refractivity contribution in [1.82, 2.24) is 14.5 Å². The predicted molar refractivity (Wildman–Crippen MR) is 310 cm³/mol. The Morgan fingerprint density at radius 3 is 1.72 bits per heavy atom. The van der Waals surface area contributed by atoms with Crippen molar-refractivity contribution in [2.24, 2.45) is 0 Å². The first kappa shape index (κ1) is 49.8. The van der Waals surface area contributed by atoms with Crippen LogP contribution in [0.5, 0.6) is 5.75 Å². The topological polar surface area (TPSA) is 50.9 Å². The van der Waals surface area contributed by atoms with Crippen LogP contribution in [0, 0.1) is 12.9 Å². The number of aromatic hydroxyl groups is 1. The van der Waals surface area contributed by atoms with Gasteiger partial charge in [0.25, 0.3) is 0 Å². The minimum atomic E-state index is -2.55. The quantitative estimate of drug-likeness (QED) is 0.117. The van der Waals surface area contributed by atoms with E-state index < -0.39 is 12.3 Å². The maximum Gasteiger partial charge on any atom is 0.148 e. The number of hydrogen-bond acceptors (Lipinski definition) is 3. The Morgan fingerprint density at radius 2 is 1.14 bits per heavy atom. The van der Waals surface area contributed by atoms with E-state index in [0.717, 1.165) is 92.6 Å². The van der Waals surface area contributed by atoms with Gasteiger partial charge in [0.2, 0.25) is 0 Å². The Hall–Kier alpha value is -6.35. The van der Waals surface area contributed by atoms with Crippen molar-refractivity contribution < 1.29 is 30.3 Å². The fraction of sp³-hybridized carbons (Fsp3) is 0.304. The molecule has 1 N–H and O–H groups in total. The van der Waals surface area contributed by atoms with E-state index in [2.05, 4.69) is 168 Å². The van der Waals surface area contributed by atoms with Gasteiger partial charge in [-0.05, 0) is 135 Å². The first-order chi connectivity index (χ1) is 36.0. The first-order valence-electron chi connectivity index (χ1n) is 27.9. The van der Waals surface area contributed by atoms with Gasteiger partial charge in [-0.2, -0.15) is 0 Å². The zero-order chi connectivity index (χ0) is 54.5. The van der Waals surface area contributed by atoms with E-state index in [1.54, 1.807) is 0 Å². The van der Waals surface area contributed by atoms with Crippen molar-refractivity contribution in [1.29, 1.82) is 0 Å². The van der Waals surface area contributed by atoms with Crippen molar-refractivity contribution in [3.05, 3.63) is 192 Å². The fourth-order valence-electron chi connectivity index (χ4n) is 10.6. The van der Waals surface area contributed by atoms with Gasteiger partial charge in [0, 0.05) is 42.6 Å². The van der Waals surface area contributed by atoms with E-state index in [1.165, 1.54) is 11.1 Å². The summed E-state index contributed by atoms with van der Waals surface area (Å²) in [4.78, 5) is 10.5. The van der Waals surface area contributed by atoms with Gasteiger partial charge in [0.15, 0.2) is 0 Å². The predicted octanol–water partition coefficient (Wildman–Crippen LogP) is 19.0. The summed E-state index contributed by atoms with van der Waals surface area (Å²) in [6, 6.07) is 55.9. The van der Waals surface area contributed by atoms with Crippen molar-refractivity contribution in [2.45, 2.75) is 137 Å². The molecule has 9 rings (SSSR count). The van der Waals surface area contributed by atoms with Crippen molar-refractivity contribution in [3.8, 4) is 78.6 Å². The number of aryl methyl sites for hydroxylation is 1. The van der Waals surface area contributed by atoms with Crippen LogP contribution in [0.25, 0.3) is 83.9 Å². The van der Waals surface area contributed by atoms with Crippen LogP contribution in [0.15, 0.2) is 158 Å². The van der Waals surface area contributed by atoms with E-state index in [4.69, 9.17) is 9.97 Å². The second-order valence-corrected chi connectivity index (χ2v) is 22.7. The van der Waals surface area contributed by atoms with E-state index >= 15 is 0 Å². The third-order valence-electron chi connectivity index (χ3n) is 16.1. The second-order valence-electron chi connectivity index (χ2n) is 22.7. The van der Waals surface area contributed by atoms with Crippen LogP contribution in [0.2, 0.25) is 0 Å². The summed E-state index contributed by atoms with van der Waals surface area (Å²) in [5.74, 6) is 0.562. The molecule has 2 heterocycles. The third-order valence-corrected chi connectivity index (χ3v) is 16.1. The summed E-state index contributed by atoms with van der Waals surface area (Å²) in [6.45, 7) is 24.0. The Bertz CT molecular complexity index is 3540. The Labute approximate surface area is 460 Å². The van der Waals surface area contributed by atoms with Crippen LogP contribution in [-0.2, 0) is 42.7 Å². The Kier molecular flexibility index (Phi) is 14.2. The molecule has 9 aromatic rings. The Balaban J connectivity index is 0.00000784. The molecule has 0 aliphatic carbocycles. The van der Waals surface area contributed by atoms with Crippen LogP contribution >= 0.6 is 0 Å². The molecular weight excluding hydrogens is 1080 g/mol. The van der Waals surface area contributed by atoms with Gasteiger partial charge in [-0.3, -0.25) is 9.55 Å². The average Bonchev–Trinajstić information content (AvgIpc) is 3.81. The Morgan fingerprint density at radius 1 is 0.541 bits per heavy atom. The summed E-state index contributed by atoms with van der Waals surface area (Å²) < 4.78 is 30.3. The largest absolute Gasteiger partial charge is 0.507 e. The van der Waals surface area contributed by atoms with Gasteiger partial charge in [0.05, 0.1) is 22.3 Å². The number of rotatable bonds is 13. The molecule has 0 aliphatic rings. The van der Waals surface area contributed by atoms with Gasteiger partial charge in [-0.1, -0.05) is 209 Å². The molecule has 2 aromatic heterocycles. The van der Waals surface area contributed by atoms with Gasteiger partial charge in [-0.25, -0.2) is 4.98 Å². The molecule has 382 valence electrons. The summed E-state index contributed by atoms with van der Waals surface area (Å²) in [5.41, 5.74) is 15.2. The number of para-hydroxylation sites is 1. The smallest absolute Gasteiger partial charge is 0.148 e. The molecule has 0 saturated heterocycles. The van der Waals surface area contributed by atoms with Crippen LogP contribution in [-0.4, -0.2) is 19.6 Å². The van der Waals surface area contributed by atoms with Crippen LogP contribution < -0.4 is 0 Å². The first-order valence-corrected chi connectivity index (χ1v) is 26.4. The molecule has 4 nitrogen and oxygen atoms in total. The second kappa shape index (κ2) is 21.1. The van der Waals surface area contributed by atoms with Crippen molar-refractivity contribution >= 4 is 11.0 Å². The number of pyridine rings is 1. The standard InChI is InChI=1S/C69H74N3O.Pt/c1-14-68(12,15-2)56-31-25-32-57(69(13,16-3)17-4)62(56)49-34-35-60(45(5)38-49)72-61-33-24-30-54(63(61)71-65(72)55-43-53(66(6,7)8)44-58(64(55)73)67(9,10)11)51-39-50(47-28-22-19-23-29-47)40-52(41-51)59-42-48(36-37-70-59)46-26-20-18-21-27-46;/h18-40,42-44,73H,14-17H2,1-13H3;/q-1;/i5D3;. The summed E-state index contributed by atoms with van der Waals surface area (Å²) in [5, 5.41) is 12.7. The normalized spacial score (nSPS) is 13.1. The summed E-state index contributed by atoms with van der Waals surface area (Å²) >= 11 is 0. The van der Waals surface area contributed by atoms with Gasteiger partial charge >= 0.3 is 0 Å². The molecule has 0 bridgehead atoms. The molecule has 0 amide bonds. The maximum absolute atomic E-state index is 12.7. The average molecular weight is 1160 g/mol. The summed E-state index contributed by atoms with van der Waals surface area (Å²) in [6.07, 6.45) is 5.59. The minimum absolute atomic E-state index is 0. The van der Waals surface area contributed by atoms with Crippen LogP contribution in [0.1, 0.15) is 141 Å². The number of aromatic nitrogens is 3. The van der Waals surface area contributed by atoms with E-state index in [1.807, 2.05) is 83.6 Å². The summed E-state index contributed by atoms with van der Waals surface area (Å²) in [7, 11) is 0. The number of fused-ring (bicyclic) bond motifs is 1. The number of hydrogen-bond donors (Lipinski definition) is 1. The van der Waals surface area contributed by atoms with Gasteiger partial charge < -0.3 is 5.11 Å². The molecular formula is C69H74N3OPt-. The SMILES string of the molecule is [2H]C([2H])([2H])c1cc(-c2c(C(C)(CC)CC)cccc2C(C)(CC)CC)ccc1-n1c(-c2cc(C(C)(C)C)cc(C(C)(C)C)c2O)nc2c(-c3[c-]c(-c4cc(-c5ccccc5)ccn4)cc(-c4ccccc4)c3)cccc21.[Pt]. The fourth-order valence-corrected chi connectivity index (χ4v) is 10.6. The zero-order valence-corrected chi connectivity index (χ0v) is 47.7. The van der Waals surface area contributed by atoms with Crippen LogP contribution in [0.3, 0.4) is 0 Å². The number of benzene rings is 7. The van der Waals surface area contributed by atoms with Gasteiger partial charge in [-0.15, -0.1) is 23.8 Å². The number of imidazole rings is 1.